The van der Waals surface area contributed by atoms with E-state index in [0.29, 0.717) is 0 Å². The van der Waals surface area contributed by atoms with E-state index in [1.807, 2.05) is 0 Å². The van der Waals surface area contributed by atoms with Gasteiger partial charge in [-0.15, -0.1) is 0 Å². The summed E-state index contributed by atoms with van der Waals surface area (Å²) in [5.41, 5.74) is 5.25. The molecular formula is C40H68S. The fourth-order valence-corrected chi connectivity index (χ4v) is 18.2. The van der Waals surface area contributed by atoms with Crippen LogP contribution in [-0.2, 0) is 10.8 Å². The van der Waals surface area contributed by atoms with E-state index in [1.54, 1.807) is 23.1 Å². The molecule has 4 fully saturated rings. The van der Waals surface area contributed by atoms with E-state index in [0.717, 1.165) is 69.7 Å². The minimum Gasteiger partial charge on any atom is -0.237 e. The van der Waals surface area contributed by atoms with Crippen LogP contribution in [0.2, 0.25) is 0 Å². The Kier molecular flexibility index (Phi) is 8.72. The number of hydrogen-bond donors (Lipinski definition) is 0. The van der Waals surface area contributed by atoms with Crippen LogP contribution in [0, 0.1) is 53.3 Å². The third-order valence-electron chi connectivity index (χ3n) is 13.9. The Morgan fingerprint density at radius 2 is 1.24 bits per heavy atom. The molecule has 1 aromatic carbocycles. The fraction of sp³-hybridized carbons (Fsp3) is 0.850. The molecule has 4 saturated carbocycles. The minimum absolute atomic E-state index is 0.191. The van der Waals surface area contributed by atoms with Crippen molar-refractivity contribution in [2.75, 3.05) is 12.0 Å². The highest BCUT2D eigenvalue weighted by Crippen LogP contribution is 2.73. The van der Waals surface area contributed by atoms with Crippen LogP contribution < -0.4 is 0 Å². The van der Waals surface area contributed by atoms with Gasteiger partial charge in [-0.3, -0.25) is 0 Å². The molecule has 0 saturated heterocycles. The molecule has 0 nitrogen and oxygen atoms in total. The highest BCUT2D eigenvalue weighted by molar-refractivity contribution is 8.34. The molecule has 5 rings (SSSR count). The maximum atomic E-state index is 2.90. The molecule has 4 aliphatic carbocycles. The summed E-state index contributed by atoms with van der Waals surface area (Å²) in [6.45, 7) is 30.3. The number of benzene rings is 1. The van der Waals surface area contributed by atoms with Gasteiger partial charge in [0.1, 0.15) is 0 Å². The summed E-state index contributed by atoms with van der Waals surface area (Å²) in [6, 6.07) is 7.97. The quantitative estimate of drug-likeness (QED) is 0.325. The van der Waals surface area contributed by atoms with Crippen LogP contribution in [-0.4, -0.2) is 22.5 Å². The summed E-state index contributed by atoms with van der Waals surface area (Å²) in [5.74, 6) is 10.4. The molecule has 0 bridgehead atoms. The lowest BCUT2D eigenvalue weighted by Gasteiger charge is -2.56. The van der Waals surface area contributed by atoms with Gasteiger partial charge in [0.15, 0.2) is 0 Å². The van der Waals surface area contributed by atoms with Crippen molar-refractivity contribution in [1.29, 1.82) is 0 Å². The average molecular weight is 581 g/mol. The molecule has 0 spiro atoms. The lowest BCUT2D eigenvalue weighted by molar-refractivity contribution is 0.123. The molecule has 1 aromatic rings. The summed E-state index contributed by atoms with van der Waals surface area (Å²) in [6.07, 6.45) is 11.8. The second-order valence-electron chi connectivity index (χ2n) is 18.3. The van der Waals surface area contributed by atoms with Crippen LogP contribution in [0.5, 0.6) is 0 Å². The third-order valence-corrected chi connectivity index (χ3v) is 19.3. The monoisotopic (exact) mass is 581 g/mol. The first kappa shape index (κ1) is 32.0. The first-order valence-corrected chi connectivity index (χ1v) is 20.2. The highest BCUT2D eigenvalue weighted by Gasteiger charge is 2.59. The van der Waals surface area contributed by atoms with E-state index in [9.17, 15) is 0 Å². The van der Waals surface area contributed by atoms with Gasteiger partial charge in [0.25, 0.3) is 0 Å². The van der Waals surface area contributed by atoms with Crippen LogP contribution in [0.3, 0.4) is 0 Å². The third kappa shape index (κ3) is 5.41. The maximum absolute atomic E-state index is 2.90. The van der Waals surface area contributed by atoms with Crippen LogP contribution in [0.1, 0.15) is 144 Å². The number of rotatable bonds is 5. The van der Waals surface area contributed by atoms with Crippen molar-refractivity contribution in [3.05, 3.63) is 34.9 Å². The Morgan fingerprint density at radius 3 is 1.76 bits per heavy atom. The zero-order valence-electron chi connectivity index (χ0n) is 29.5. The molecule has 0 aromatic heterocycles. The van der Waals surface area contributed by atoms with E-state index in [2.05, 4.69) is 108 Å². The van der Waals surface area contributed by atoms with Crippen molar-refractivity contribution in [1.82, 2.24) is 0 Å². The Balaban J connectivity index is 1.61. The van der Waals surface area contributed by atoms with Crippen LogP contribution in [0.25, 0.3) is 0 Å². The van der Waals surface area contributed by atoms with Gasteiger partial charge in [-0.25, -0.2) is 10.0 Å². The van der Waals surface area contributed by atoms with Crippen molar-refractivity contribution in [2.24, 2.45) is 53.3 Å². The lowest BCUT2D eigenvalue weighted by atomic mass is 9.61. The Morgan fingerprint density at radius 1 is 0.683 bits per heavy atom. The number of fused-ring (bicyclic) bond motifs is 2. The molecule has 12 unspecified atom stereocenters. The molecule has 234 valence electrons. The molecule has 0 radical (unpaired) electrons. The van der Waals surface area contributed by atoms with Crippen LogP contribution in [0.15, 0.2) is 18.2 Å². The Bertz CT molecular complexity index is 1030. The molecular weight excluding hydrogens is 513 g/mol. The molecule has 0 heterocycles. The van der Waals surface area contributed by atoms with Gasteiger partial charge >= 0.3 is 0 Å². The van der Waals surface area contributed by atoms with Crippen LogP contribution >= 0.6 is 10.0 Å². The van der Waals surface area contributed by atoms with E-state index in [-0.39, 0.29) is 10.8 Å². The Labute approximate surface area is 258 Å². The molecule has 0 amide bonds. The number of hydrogen-bond acceptors (Lipinski definition) is 0. The molecule has 41 heavy (non-hydrogen) atoms. The van der Waals surface area contributed by atoms with Gasteiger partial charge in [-0.1, -0.05) is 114 Å². The summed E-state index contributed by atoms with van der Waals surface area (Å²) < 4.78 is 0. The zero-order valence-corrected chi connectivity index (χ0v) is 30.3. The SMILES string of the molecule is CCCS(C)(C1C(C)C(C)C(C)C1C)C1C(C)CC2C1CC1CCCC1C2c1cc(C(C)(C)C)cc(C(C)(C)C)c1. The van der Waals surface area contributed by atoms with Crippen molar-refractivity contribution in [3.8, 4) is 0 Å². The van der Waals surface area contributed by atoms with E-state index in [4.69, 9.17) is 0 Å². The topological polar surface area (TPSA) is 0 Å². The van der Waals surface area contributed by atoms with Gasteiger partial charge in [0.2, 0.25) is 0 Å². The highest BCUT2D eigenvalue weighted by atomic mass is 32.3. The van der Waals surface area contributed by atoms with Crippen molar-refractivity contribution in [2.45, 2.75) is 149 Å². The normalized spacial score (nSPS) is 43.4. The van der Waals surface area contributed by atoms with Crippen molar-refractivity contribution >= 4 is 10.0 Å². The first-order valence-electron chi connectivity index (χ1n) is 17.9. The summed E-state index contributed by atoms with van der Waals surface area (Å²) in [4.78, 5) is 0. The summed E-state index contributed by atoms with van der Waals surface area (Å²) in [7, 11) is -0.727. The predicted molar refractivity (Wildman–Crippen MR) is 186 cm³/mol. The van der Waals surface area contributed by atoms with E-state index in [1.165, 1.54) is 37.9 Å². The predicted octanol–water partition coefficient (Wildman–Crippen LogP) is 11.6. The molecule has 4 aliphatic rings. The smallest absolute Gasteiger partial charge is 0.00545 e. The van der Waals surface area contributed by atoms with Crippen LogP contribution in [0.4, 0.5) is 0 Å². The standard InChI is InChI=1S/C40H68S/c1-14-18-41(13,38-27(5)25(3)26(4)28(38)6)37-24(2)19-34-35(37)22-29-16-15-17-33(29)36(34)30-20-31(39(7,8)9)23-32(21-30)40(10,11)12/h20-21,23-29,33-38H,14-19,22H2,1-13H3. The van der Waals surface area contributed by atoms with Gasteiger partial charge in [-0.05, 0) is 135 Å². The lowest BCUT2D eigenvalue weighted by Crippen LogP contribution is -2.44. The van der Waals surface area contributed by atoms with Gasteiger partial charge in [0, 0.05) is 0 Å². The molecule has 12 atom stereocenters. The fourth-order valence-electron chi connectivity index (χ4n) is 11.7. The summed E-state index contributed by atoms with van der Waals surface area (Å²) in [5, 5.41) is 1.92. The van der Waals surface area contributed by atoms with E-state index < -0.39 is 10.0 Å². The van der Waals surface area contributed by atoms with Gasteiger partial charge in [-0.2, -0.15) is 0 Å². The average Bonchev–Trinajstić information content (AvgIpc) is 3.52. The molecule has 1 heteroatoms. The molecule has 0 N–H and O–H groups in total. The van der Waals surface area contributed by atoms with Gasteiger partial charge in [0.05, 0.1) is 0 Å². The minimum atomic E-state index is -0.727. The van der Waals surface area contributed by atoms with Gasteiger partial charge < -0.3 is 0 Å². The Hall–Kier alpha value is -0.430. The maximum Gasteiger partial charge on any atom is -0.00545 e. The largest absolute Gasteiger partial charge is 0.237 e. The van der Waals surface area contributed by atoms with E-state index >= 15 is 0 Å². The second kappa shape index (κ2) is 11.2. The first-order chi connectivity index (χ1) is 19.0. The van der Waals surface area contributed by atoms with Crippen molar-refractivity contribution < 1.29 is 0 Å². The zero-order chi connectivity index (χ0) is 30.2. The second-order valence-corrected chi connectivity index (χ2v) is 22.3. The van der Waals surface area contributed by atoms with Crippen molar-refractivity contribution in [3.63, 3.8) is 0 Å². The molecule has 0 aliphatic heterocycles. The summed E-state index contributed by atoms with van der Waals surface area (Å²) >= 11 is 0.